The molecule has 3 rings (SSSR count). The van der Waals surface area contributed by atoms with Gasteiger partial charge in [0.2, 0.25) is 5.91 Å². The summed E-state index contributed by atoms with van der Waals surface area (Å²) in [5, 5.41) is 2.97. The van der Waals surface area contributed by atoms with Crippen molar-refractivity contribution in [1.82, 2.24) is 9.88 Å². The first kappa shape index (κ1) is 20.8. The number of benzene rings is 1. The fourth-order valence-electron chi connectivity index (χ4n) is 3.16. The molecule has 1 aliphatic rings. The Kier molecular flexibility index (Phi) is 6.73. The smallest absolute Gasteiger partial charge is 0.231 e. The van der Waals surface area contributed by atoms with Crippen LogP contribution in [0.3, 0.4) is 0 Å². The Morgan fingerprint density at radius 3 is 2.50 bits per heavy atom. The second kappa shape index (κ2) is 9.05. The van der Waals surface area contributed by atoms with E-state index in [1.807, 2.05) is 26.8 Å². The lowest BCUT2D eigenvalue weighted by molar-refractivity contribution is -0.124. The summed E-state index contributed by atoms with van der Waals surface area (Å²) in [5.41, 5.74) is 2.03. The van der Waals surface area contributed by atoms with E-state index in [0.29, 0.717) is 5.82 Å². The van der Waals surface area contributed by atoms with Gasteiger partial charge in [0.1, 0.15) is 5.82 Å². The van der Waals surface area contributed by atoms with Crippen LogP contribution in [0.1, 0.15) is 32.8 Å². The van der Waals surface area contributed by atoms with Crippen LogP contribution < -0.4 is 10.2 Å². The number of nitrogens with one attached hydrogen (secondary N) is 1. The van der Waals surface area contributed by atoms with Gasteiger partial charge in [-0.05, 0) is 46.1 Å². The number of rotatable bonds is 6. The Bertz CT molecular complexity index is 801. The van der Waals surface area contributed by atoms with E-state index in [1.165, 1.54) is 5.69 Å². The van der Waals surface area contributed by atoms with Crippen molar-refractivity contribution < 1.29 is 4.79 Å². The second-order valence-corrected chi connectivity index (χ2v) is 8.81. The highest BCUT2D eigenvalue weighted by Gasteiger charge is 2.26. The average molecular weight is 445 g/mol. The fourth-order valence-corrected chi connectivity index (χ4v) is 3.50. The summed E-state index contributed by atoms with van der Waals surface area (Å²) in [7, 11) is 0. The molecule has 0 atom stereocenters. The van der Waals surface area contributed by atoms with Crippen LogP contribution in [-0.4, -0.2) is 42.0 Å². The van der Waals surface area contributed by atoms with Crippen LogP contribution in [0, 0.1) is 5.41 Å². The van der Waals surface area contributed by atoms with E-state index >= 15 is 0 Å². The monoisotopic (exact) mass is 444 g/mol. The summed E-state index contributed by atoms with van der Waals surface area (Å²) in [6.07, 6.45) is 2.57. The highest BCUT2D eigenvalue weighted by atomic mass is 79.9. The lowest BCUT2D eigenvalue weighted by Crippen LogP contribution is -2.46. The van der Waals surface area contributed by atoms with Crippen molar-refractivity contribution in [2.24, 2.45) is 5.41 Å². The molecule has 1 amide bonds. The number of carbonyl (C=O) groups is 1. The van der Waals surface area contributed by atoms with Crippen molar-refractivity contribution in [1.29, 1.82) is 0 Å². The van der Waals surface area contributed by atoms with Crippen LogP contribution >= 0.6 is 15.9 Å². The number of nitrogens with zero attached hydrogens (tertiary/aromatic N) is 3. The number of anilines is 2. The van der Waals surface area contributed by atoms with Crippen molar-refractivity contribution in [2.45, 2.75) is 33.7 Å². The van der Waals surface area contributed by atoms with E-state index in [1.54, 1.807) is 6.20 Å². The maximum atomic E-state index is 12.4. The van der Waals surface area contributed by atoms with Crippen molar-refractivity contribution >= 4 is 33.3 Å². The topological polar surface area (TPSA) is 48.5 Å². The van der Waals surface area contributed by atoms with E-state index < -0.39 is 5.41 Å². The number of para-hydroxylation sites is 1. The van der Waals surface area contributed by atoms with E-state index in [4.69, 9.17) is 0 Å². The third-order valence-corrected chi connectivity index (χ3v) is 6.28. The predicted octanol–water partition coefficient (Wildman–Crippen LogP) is 4.54. The van der Waals surface area contributed by atoms with Gasteiger partial charge in [0.15, 0.2) is 0 Å². The Hall–Kier alpha value is -1.92. The molecular formula is C22H29BrN4O. The zero-order valence-electron chi connectivity index (χ0n) is 16.9. The van der Waals surface area contributed by atoms with Gasteiger partial charge >= 0.3 is 0 Å². The van der Waals surface area contributed by atoms with Crippen molar-refractivity contribution in [2.75, 3.05) is 36.4 Å². The maximum absolute atomic E-state index is 12.4. The number of amides is 1. The van der Waals surface area contributed by atoms with Crippen LogP contribution in [0.15, 0.2) is 47.1 Å². The molecule has 1 N–H and O–H groups in total. The first-order chi connectivity index (χ1) is 13.4. The van der Waals surface area contributed by atoms with Crippen LogP contribution in [0.2, 0.25) is 0 Å². The lowest BCUT2D eigenvalue weighted by atomic mass is 9.89. The minimum absolute atomic E-state index is 0.00671. The number of pyridine rings is 1. The largest absolute Gasteiger partial charge is 0.369 e. The third-order valence-electron chi connectivity index (χ3n) is 5.56. The summed E-state index contributed by atoms with van der Waals surface area (Å²) in [4.78, 5) is 21.7. The molecule has 150 valence electrons. The van der Waals surface area contributed by atoms with E-state index in [2.05, 4.69) is 66.4 Å². The zero-order valence-corrected chi connectivity index (χ0v) is 18.5. The summed E-state index contributed by atoms with van der Waals surface area (Å²) < 4.78 is 0.978. The van der Waals surface area contributed by atoms with Gasteiger partial charge in [-0.25, -0.2) is 4.98 Å². The quantitative estimate of drug-likeness (QED) is 0.710. The predicted molar refractivity (Wildman–Crippen MR) is 119 cm³/mol. The molecule has 1 aliphatic heterocycles. The Morgan fingerprint density at radius 1 is 1.18 bits per heavy atom. The molecule has 5 nitrogen and oxygen atoms in total. The summed E-state index contributed by atoms with van der Waals surface area (Å²) in [5.74, 6) is 0.625. The molecule has 2 heterocycles. The van der Waals surface area contributed by atoms with Gasteiger partial charge in [-0.15, -0.1) is 0 Å². The lowest BCUT2D eigenvalue weighted by Gasteiger charge is -2.36. The molecule has 0 aliphatic carbocycles. The highest BCUT2D eigenvalue weighted by Crippen LogP contribution is 2.25. The van der Waals surface area contributed by atoms with Gasteiger partial charge in [-0.3, -0.25) is 9.69 Å². The molecule has 0 radical (unpaired) electrons. The van der Waals surface area contributed by atoms with Gasteiger partial charge in [0, 0.05) is 54.5 Å². The standard InChI is InChI=1S/C22H29BrN4O/c1-4-22(2,3)21(28)25-20-14-17(19(23)15-24-20)16-26-10-12-27(13-11-26)18-8-6-5-7-9-18/h5-9,14-15H,4,10-13,16H2,1-3H3,(H,24,25,28). The molecule has 1 saturated heterocycles. The van der Waals surface area contributed by atoms with Gasteiger partial charge in [0.05, 0.1) is 0 Å². The van der Waals surface area contributed by atoms with Crippen molar-refractivity contribution in [3.05, 3.63) is 52.6 Å². The van der Waals surface area contributed by atoms with E-state index in [9.17, 15) is 4.79 Å². The number of halogens is 1. The van der Waals surface area contributed by atoms with Crippen LogP contribution in [0.25, 0.3) is 0 Å². The molecule has 2 aromatic rings. The summed E-state index contributed by atoms with van der Waals surface area (Å²) in [6, 6.07) is 12.6. The van der Waals surface area contributed by atoms with Gasteiger partial charge in [0.25, 0.3) is 0 Å². The van der Waals surface area contributed by atoms with Crippen molar-refractivity contribution in [3.63, 3.8) is 0 Å². The van der Waals surface area contributed by atoms with Crippen molar-refractivity contribution in [3.8, 4) is 0 Å². The molecule has 28 heavy (non-hydrogen) atoms. The fraction of sp³-hybridized carbons (Fsp3) is 0.455. The molecule has 1 aromatic carbocycles. The number of carbonyl (C=O) groups excluding carboxylic acids is 1. The van der Waals surface area contributed by atoms with Gasteiger partial charge in [-0.1, -0.05) is 39.0 Å². The SMILES string of the molecule is CCC(C)(C)C(=O)Nc1cc(CN2CCN(c3ccccc3)CC2)c(Br)cn1. The number of aromatic nitrogens is 1. The first-order valence-electron chi connectivity index (χ1n) is 9.87. The zero-order chi connectivity index (χ0) is 20.1. The molecule has 0 spiro atoms. The van der Waals surface area contributed by atoms with Gasteiger partial charge in [-0.2, -0.15) is 0 Å². The van der Waals surface area contributed by atoms with Crippen LogP contribution in [0.4, 0.5) is 11.5 Å². The Balaban J connectivity index is 1.61. The molecule has 0 saturated carbocycles. The number of piperazine rings is 1. The highest BCUT2D eigenvalue weighted by molar-refractivity contribution is 9.10. The van der Waals surface area contributed by atoms with Gasteiger partial charge < -0.3 is 10.2 Å². The number of hydrogen-bond acceptors (Lipinski definition) is 4. The van der Waals surface area contributed by atoms with Crippen LogP contribution in [-0.2, 0) is 11.3 Å². The first-order valence-corrected chi connectivity index (χ1v) is 10.7. The Labute approximate surface area is 176 Å². The Morgan fingerprint density at radius 2 is 1.86 bits per heavy atom. The summed E-state index contributed by atoms with van der Waals surface area (Å²) >= 11 is 3.61. The second-order valence-electron chi connectivity index (χ2n) is 7.95. The molecule has 1 aromatic heterocycles. The molecule has 0 unspecified atom stereocenters. The van der Waals surface area contributed by atoms with E-state index in [0.717, 1.165) is 49.2 Å². The van der Waals surface area contributed by atoms with Crippen LogP contribution in [0.5, 0.6) is 0 Å². The normalized spacial score (nSPS) is 15.5. The minimum Gasteiger partial charge on any atom is -0.369 e. The van der Waals surface area contributed by atoms with E-state index in [-0.39, 0.29) is 5.91 Å². The molecule has 0 bridgehead atoms. The molecule has 1 fully saturated rings. The maximum Gasteiger partial charge on any atom is 0.231 e. The minimum atomic E-state index is -0.400. The molecule has 6 heteroatoms. The number of hydrogen-bond donors (Lipinski definition) is 1. The average Bonchev–Trinajstić information content (AvgIpc) is 2.71. The third kappa shape index (κ3) is 5.11. The molecular weight excluding hydrogens is 416 g/mol. The summed E-state index contributed by atoms with van der Waals surface area (Å²) in [6.45, 7) is 10.8.